The summed E-state index contributed by atoms with van der Waals surface area (Å²) < 4.78 is 0. The molecule has 0 saturated heterocycles. The maximum Gasteiger partial charge on any atom is -0.0000129 e. The summed E-state index contributed by atoms with van der Waals surface area (Å²) in [6, 6.07) is 0. The highest BCUT2D eigenvalue weighted by atomic mass is 15.9. The van der Waals surface area contributed by atoms with Gasteiger partial charge >= 0.3 is 0 Å². The summed E-state index contributed by atoms with van der Waals surface area (Å²) >= 11 is 0. The average Bonchev–Trinajstić information content (AvgIpc) is 0.401. The van der Waals surface area contributed by atoms with Crippen LogP contribution in [0, 0.1) is 426 Å². The third-order valence-electron chi connectivity index (χ3n) is 74.7. The maximum atomic E-state index is 1.92. The van der Waals surface area contributed by atoms with Crippen molar-refractivity contribution in [3.63, 3.8) is 0 Å². The average molecular weight is 997 g/mol. The molecule has 0 nitrogen and oxygen atoms in total. The molecule has 0 aromatic heterocycles. The highest BCUT2D eigenvalue weighted by Crippen LogP contribution is 3.88. The molecule has 72 unspecified atom stereocenters. The molecule has 63 aliphatic rings. The van der Waals surface area contributed by atoms with Gasteiger partial charge in [0.05, 0.1) is 0 Å². The van der Waals surface area contributed by atoms with Gasteiger partial charge in [-0.3, -0.25) is 0 Å². The van der Waals surface area contributed by atoms with E-state index < -0.39 is 0 Å². The van der Waals surface area contributed by atoms with Crippen LogP contribution in [0.1, 0.15) is 25.7 Å². The van der Waals surface area contributed by atoms with Gasteiger partial charge in [-0.25, -0.2) is 0 Å². The number of rotatable bonds is 0. The van der Waals surface area contributed by atoms with Crippen LogP contribution in [0.15, 0.2) is 0 Å². The first-order valence-electron chi connectivity index (χ1n) is 39.8. The van der Waals surface area contributed by atoms with E-state index in [0.29, 0.717) is 0 Å². The molecule has 0 aromatic rings. The summed E-state index contributed by atoms with van der Waals surface area (Å²) in [6.45, 7) is 0. The molecule has 0 aliphatic heterocycles. The third-order valence-corrected chi connectivity index (χ3v) is 74.7. The van der Waals surface area contributed by atoms with Crippen LogP contribution in [-0.4, -0.2) is 0 Å². The van der Waals surface area contributed by atoms with E-state index in [1.807, 2.05) is 25.7 Å². The standard InChI is InChI=1S/C80H36/c1-5-13-21-22-14-6-2-10-19-27-31-32-28-20-12-4-8-16-24-23-15-7-3-11-18-26-30-29-25-17-9(1)33(5)37(13)45(21)46(22)38(14)34(6,10)43(19)51(27)55(31)56(32)52(28)44(20)36(8,12)40(16)48(24)47(23)39(15)35(7,11)42(18)50(26)54(30)53(29)49(25)41(17,33)57(37)61(45)62(46)58(38,43)67(51)71(55)72(56)68(52)60(40,44)64(48)63(47)59(39,42)66(50)70(54)69(53)65(49,57)73(61)74(62,67)79(71)77(69,73)78(70)75(63,66)76(64,68)80(72,78)79/h5-32H,1-4H2. The molecule has 63 aliphatic carbocycles. The molecule has 48 spiro atoms. The normalized spacial score (nSPS) is 154. The zero-order valence-electron chi connectivity index (χ0n) is 43.0. The molecule has 63 rings (SSSR count). The van der Waals surface area contributed by atoms with Crippen LogP contribution in [-0.2, 0) is 0 Å². The molecule has 0 N–H and O–H groups in total. The van der Waals surface area contributed by atoms with E-state index in [2.05, 4.69) is 0 Å². The van der Waals surface area contributed by atoms with Gasteiger partial charge in [0.2, 0.25) is 0 Å². The molecule has 63 fully saturated rings. The van der Waals surface area contributed by atoms with Crippen LogP contribution in [0.3, 0.4) is 0 Å². The van der Waals surface area contributed by atoms with Crippen molar-refractivity contribution in [1.82, 2.24) is 0 Å². The third kappa shape index (κ3) is 0.446. The lowest BCUT2D eigenvalue weighted by atomic mass is 8.22. The molecule has 0 amide bonds. The Morgan fingerprint density at radius 1 is 0.113 bits per heavy atom. The largest absolute Gasteiger partial charge is 0.0458 e. The number of hydrogen-bond donors (Lipinski definition) is 0. The summed E-state index contributed by atoms with van der Waals surface area (Å²) in [5.74, 6) is 40.3. The number of fused-ring (bicyclic) bond motifs is 24. The van der Waals surface area contributed by atoms with Gasteiger partial charge in [-0.2, -0.15) is 0 Å². The molecule has 356 valence electrons. The summed E-state index contributed by atoms with van der Waals surface area (Å²) in [4.78, 5) is 0. The minimum absolute atomic E-state index is 1.12. The van der Waals surface area contributed by atoms with Gasteiger partial charge in [0.25, 0.3) is 0 Å². The molecule has 0 bridgehead atoms. The van der Waals surface area contributed by atoms with Crippen molar-refractivity contribution in [1.29, 1.82) is 0 Å². The molecular weight excluding hydrogens is 961 g/mol. The molecular formula is C80H36. The topological polar surface area (TPSA) is 0 Å². The lowest BCUT2D eigenvalue weighted by Gasteiger charge is -3.80. The minimum atomic E-state index is 1.12. The van der Waals surface area contributed by atoms with Crippen LogP contribution < -0.4 is 0 Å². The van der Waals surface area contributed by atoms with E-state index in [0.717, 1.165) is 152 Å². The van der Waals surface area contributed by atoms with E-state index in [4.69, 9.17) is 0 Å². The van der Waals surface area contributed by atoms with Gasteiger partial charge in [0.1, 0.15) is 0 Å². The summed E-state index contributed by atoms with van der Waals surface area (Å²) in [5, 5.41) is 0. The maximum absolute atomic E-state index is 1.92. The summed E-state index contributed by atoms with van der Waals surface area (Å²) in [7, 11) is 0. The van der Waals surface area contributed by atoms with E-state index in [9.17, 15) is 0 Å². The summed E-state index contributed by atoms with van der Waals surface area (Å²) in [5.41, 5.74) is 55.4. The van der Waals surface area contributed by atoms with Crippen molar-refractivity contribution >= 4 is 0 Å². The van der Waals surface area contributed by atoms with E-state index in [-0.39, 0.29) is 0 Å². The fourth-order valence-corrected chi connectivity index (χ4v) is 98.9. The van der Waals surface area contributed by atoms with E-state index in [1.54, 1.807) is 0 Å². The Bertz CT molecular complexity index is 5670. The lowest BCUT2D eigenvalue weighted by Crippen LogP contribution is -3.78. The Balaban J connectivity index is 0.694. The van der Waals surface area contributed by atoms with Gasteiger partial charge < -0.3 is 0 Å². The zero-order chi connectivity index (χ0) is 43.0. The first-order chi connectivity index (χ1) is 39.8. The van der Waals surface area contributed by atoms with Crippen molar-refractivity contribution in [2.24, 2.45) is 393 Å². The highest BCUT2D eigenvalue weighted by molar-refractivity contribution is 6.57. The lowest BCUT2D eigenvalue weighted by molar-refractivity contribution is -1.25. The van der Waals surface area contributed by atoms with E-state index in [1.165, 1.54) is 274 Å². The van der Waals surface area contributed by atoms with Crippen molar-refractivity contribution in [2.45, 2.75) is 25.7 Å². The van der Waals surface area contributed by atoms with E-state index >= 15 is 0 Å². The predicted octanol–water partition coefficient (Wildman–Crippen LogP) is 5.49. The molecule has 80 heavy (non-hydrogen) atoms. The molecule has 0 heterocycles. The molecule has 72 atom stereocenters. The zero-order valence-corrected chi connectivity index (χ0v) is 43.0. The minimum Gasteiger partial charge on any atom is -0.0458 e. The highest BCUT2D eigenvalue weighted by Gasteiger charge is 3.85. The SMILES string of the molecule is C1C2C3C4C5C6C7CC8C9C%10C%11C%12C%13C%14C%15CC%16C%17C%18C%19C%20C%21CC%22C%23C%24C%25C%26C%27C%28C1C21C32C43C54C65C78C96C%107C%118C%129C%13%10C%14%11C%16%15C%17%12C%18%13C%19%14C%20%15C%21%22C%23%16C%24%17C%25%18C%26%19C%27%20C%281C21C32C43C56C74C85C96C%107C%12%11C%138C%149C%15%16C%17%10C%18%11C%19%12C%201C21C34C52C%121C%111C9%10C87C621. The van der Waals surface area contributed by atoms with Gasteiger partial charge in [0.15, 0.2) is 0 Å². The van der Waals surface area contributed by atoms with Gasteiger partial charge in [-0.15, -0.1) is 0 Å². The fraction of sp³-hybridized carbons (Fsp3) is 1.00. The molecule has 63 saturated carbocycles. The molecule has 0 heteroatoms. The van der Waals surface area contributed by atoms with Crippen LogP contribution in [0.25, 0.3) is 0 Å². The predicted molar refractivity (Wildman–Crippen MR) is 238 cm³/mol. The summed E-state index contributed by atoms with van der Waals surface area (Å²) in [6.07, 6.45) is 7.66. The number of hydrogen-bond acceptors (Lipinski definition) is 0. The fourth-order valence-electron chi connectivity index (χ4n) is 98.9. The van der Waals surface area contributed by atoms with Gasteiger partial charge in [-0.1, -0.05) is 0 Å². The smallest absolute Gasteiger partial charge is 0.0000129 e. The van der Waals surface area contributed by atoms with Crippen LogP contribution >= 0.6 is 0 Å². The first kappa shape index (κ1) is 24.8. The Morgan fingerprint density at radius 3 is 0.412 bits per heavy atom. The van der Waals surface area contributed by atoms with Crippen molar-refractivity contribution in [2.75, 3.05) is 0 Å². The first-order valence-corrected chi connectivity index (χ1v) is 39.8. The van der Waals surface area contributed by atoms with Crippen LogP contribution in [0.5, 0.6) is 0 Å². The Kier molecular flexibility index (Phi) is 1.05. The van der Waals surface area contributed by atoms with Crippen molar-refractivity contribution < 1.29 is 0 Å². The molecule has 0 radical (unpaired) electrons. The Morgan fingerprint density at radius 2 is 0.237 bits per heavy atom. The van der Waals surface area contributed by atoms with Crippen molar-refractivity contribution in [3.8, 4) is 0 Å². The second-order valence-electron chi connectivity index (χ2n) is 53.9. The van der Waals surface area contributed by atoms with Gasteiger partial charge in [-0.05, 0) is 451 Å². The Hall–Kier alpha value is 0. The Labute approximate surface area is 448 Å². The monoisotopic (exact) mass is 996 g/mol. The van der Waals surface area contributed by atoms with Crippen LogP contribution in [0.4, 0.5) is 0 Å². The second kappa shape index (κ2) is 3.40. The van der Waals surface area contributed by atoms with Gasteiger partial charge in [0, 0.05) is 0 Å². The van der Waals surface area contributed by atoms with Crippen molar-refractivity contribution in [3.05, 3.63) is 32.5 Å². The quantitative estimate of drug-likeness (QED) is 0.302. The van der Waals surface area contributed by atoms with Crippen LogP contribution in [0.2, 0.25) is 0 Å². The second-order valence-corrected chi connectivity index (χ2v) is 53.9. The molecule has 0 aromatic carbocycles.